The number of Topliss-reactive ketones (excluding diaryl/α,β-unsaturated/α-hetero) is 1. The van der Waals surface area contributed by atoms with Gasteiger partial charge in [-0.05, 0) is 18.7 Å². The highest BCUT2D eigenvalue weighted by Gasteiger charge is 2.34. The van der Waals surface area contributed by atoms with E-state index in [1.807, 2.05) is 31.2 Å². The number of likely N-dealkylation sites (N-methyl/N-ethyl adjacent to an activating group) is 1. The predicted octanol–water partition coefficient (Wildman–Crippen LogP) is 1.52. The van der Waals surface area contributed by atoms with Crippen LogP contribution in [0.4, 0.5) is 0 Å². The molecule has 2 rings (SSSR count). The molecule has 0 saturated carbocycles. The SMILES string of the molecule is CCNC1COCC1C(=O)c1ccccc1OCCOC. The first-order valence-corrected chi connectivity index (χ1v) is 7.34. The smallest absolute Gasteiger partial charge is 0.173 e. The highest BCUT2D eigenvalue weighted by molar-refractivity contribution is 6.01. The van der Waals surface area contributed by atoms with Crippen LogP contribution in [-0.2, 0) is 9.47 Å². The maximum atomic E-state index is 12.8. The Kier molecular flexibility index (Phi) is 6.17. The van der Waals surface area contributed by atoms with E-state index >= 15 is 0 Å². The Bertz CT molecular complexity index is 463. The summed E-state index contributed by atoms with van der Waals surface area (Å²) in [6.45, 7) is 4.82. The summed E-state index contributed by atoms with van der Waals surface area (Å²) in [5.74, 6) is 0.533. The van der Waals surface area contributed by atoms with E-state index in [0.717, 1.165) is 6.54 Å². The third-order valence-corrected chi connectivity index (χ3v) is 3.58. The van der Waals surface area contributed by atoms with Crippen molar-refractivity contribution in [1.82, 2.24) is 5.32 Å². The minimum atomic E-state index is -0.155. The van der Waals surface area contributed by atoms with Gasteiger partial charge < -0.3 is 19.5 Å². The number of hydrogen-bond acceptors (Lipinski definition) is 5. The van der Waals surface area contributed by atoms with Gasteiger partial charge in [-0.3, -0.25) is 4.79 Å². The second-order valence-electron chi connectivity index (χ2n) is 5.01. The summed E-state index contributed by atoms with van der Waals surface area (Å²) in [5.41, 5.74) is 0.618. The Morgan fingerprint density at radius 2 is 2.14 bits per heavy atom. The van der Waals surface area contributed by atoms with Crippen LogP contribution >= 0.6 is 0 Å². The average molecular weight is 293 g/mol. The van der Waals surface area contributed by atoms with Gasteiger partial charge in [-0.1, -0.05) is 19.1 Å². The average Bonchev–Trinajstić information content (AvgIpc) is 2.96. The first-order valence-electron chi connectivity index (χ1n) is 7.34. The van der Waals surface area contributed by atoms with Crippen molar-refractivity contribution in [2.24, 2.45) is 5.92 Å². The van der Waals surface area contributed by atoms with E-state index < -0.39 is 0 Å². The number of nitrogens with one attached hydrogen (secondary N) is 1. The van der Waals surface area contributed by atoms with Crippen molar-refractivity contribution in [2.45, 2.75) is 13.0 Å². The van der Waals surface area contributed by atoms with Gasteiger partial charge in [0.05, 0.1) is 31.3 Å². The summed E-state index contributed by atoms with van der Waals surface area (Å²) >= 11 is 0. The molecule has 0 bridgehead atoms. The first-order chi connectivity index (χ1) is 10.3. The molecule has 0 amide bonds. The molecular weight excluding hydrogens is 270 g/mol. The van der Waals surface area contributed by atoms with E-state index in [1.165, 1.54) is 0 Å². The Balaban J connectivity index is 2.11. The van der Waals surface area contributed by atoms with Crippen molar-refractivity contribution < 1.29 is 19.0 Å². The summed E-state index contributed by atoms with van der Waals surface area (Å²) in [6, 6.07) is 7.43. The zero-order valence-corrected chi connectivity index (χ0v) is 12.6. The summed E-state index contributed by atoms with van der Waals surface area (Å²) in [4.78, 5) is 12.8. The highest BCUT2D eigenvalue weighted by Crippen LogP contribution is 2.25. The molecule has 1 aliphatic heterocycles. The van der Waals surface area contributed by atoms with Crippen LogP contribution in [0.3, 0.4) is 0 Å². The van der Waals surface area contributed by atoms with E-state index in [4.69, 9.17) is 14.2 Å². The Morgan fingerprint density at radius 3 is 2.90 bits per heavy atom. The minimum absolute atomic E-state index is 0.0754. The van der Waals surface area contributed by atoms with Crippen molar-refractivity contribution >= 4 is 5.78 Å². The molecule has 1 heterocycles. The van der Waals surface area contributed by atoms with Gasteiger partial charge in [0.1, 0.15) is 12.4 Å². The second-order valence-corrected chi connectivity index (χ2v) is 5.01. The van der Waals surface area contributed by atoms with Crippen LogP contribution in [0.5, 0.6) is 5.75 Å². The number of rotatable bonds is 8. The maximum Gasteiger partial charge on any atom is 0.173 e. The molecule has 0 aliphatic carbocycles. The summed E-state index contributed by atoms with van der Waals surface area (Å²) in [6.07, 6.45) is 0. The quantitative estimate of drug-likeness (QED) is 0.582. The molecule has 0 spiro atoms. The molecule has 1 aromatic carbocycles. The van der Waals surface area contributed by atoms with Gasteiger partial charge in [-0.15, -0.1) is 0 Å². The topological polar surface area (TPSA) is 56.8 Å². The van der Waals surface area contributed by atoms with E-state index in [2.05, 4.69) is 5.32 Å². The zero-order valence-electron chi connectivity index (χ0n) is 12.6. The van der Waals surface area contributed by atoms with Crippen LogP contribution in [0.25, 0.3) is 0 Å². The van der Waals surface area contributed by atoms with Gasteiger partial charge in [0.15, 0.2) is 5.78 Å². The molecule has 2 atom stereocenters. The van der Waals surface area contributed by atoms with Crippen LogP contribution in [0.15, 0.2) is 24.3 Å². The van der Waals surface area contributed by atoms with Gasteiger partial charge in [0.25, 0.3) is 0 Å². The number of ether oxygens (including phenoxy) is 3. The van der Waals surface area contributed by atoms with E-state index in [1.54, 1.807) is 7.11 Å². The molecule has 2 unspecified atom stereocenters. The number of para-hydroxylation sites is 1. The molecule has 5 nitrogen and oxygen atoms in total. The van der Waals surface area contributed by atoms with Gasteiger partial charge in [-0.2, -0.15) is 0 Å². The molecule has 1 N–H and O–H groups in total. The molecule has 1 saturated heterocycles. The Morgan fingerprint density at radius 1 is 1.33 bits per heavy atom. The zero-order chi connectivity index (χ0) is 15.1. The largest absolute Gasteiger partial charge is 0.490 e. The second kappa shape index (κ2) is 8.12. The minimum Gasteiger partial charge on any atom is -0.490 e. The summed E-state index contributed by atoms with van der Waals surface area (Å²) < 4.78 is 16.1. The molecule has 1 fully saturated rings. The number of benzene rings is 1. The van der Waals surface area contributed by atoms with Gasteiger partial charge in [0.2, 0.25) is 0 Å². The van der Waals surface area contributed by atoms with E-state index in [9.17, 15) is 4.79 Å². The van der Waals surface area contributed by atoms with Crippen molar-refractivity contribution in [3.8, 4) is 5.75 Å². The Labute approximate surface area is 125 Å². The molecule has 5 heteroatoms. The fourth-order valence-electron chi connectivity index (χ4n) is 2.51. The maximum absolute atomic E-state index is 12.8. The molecular formula is C16H23NO4. The van der Waals surface area contributed by atoms with Crippen LogP contribution in [0, 0.1) is 5.92 Å². The normalized spacial score (nSPS) is 21.4. The lowest BCUT2D eigenvalue weighted by Crippen LogP contribution is -2.39. The number of ketones is 1. The summed E-state index contributed by atoms with van der Waals surface area (Å²) in [7, 11) is 1.62. The van der Waals surface area contributed by atoms with Gasteiger partial charge in [0, 0.05) is 13.2 Å². The van der Waals surface area contributed by atoms with Crippen molar-refractivity contribution in [1.29, 1.82) is 0 Å². The molecule has 0 radical (unpaired) electrons. The van der Waals surface area contributed by atoms with Crippen LogP contribution < -0.4 is 10.1 Å². The lowest BCUT2D eigenvalue weighted by atomic mass is 9.93. The fraction of sp³-hybridized carbons (Fsp3) is 0.562. The first kappa shape index (κ1) is 15.9. The highest BCUT2D eigenvalue weighted by atomic mass is 16.5. The third kappa shape index (κ3) is 4.03. The van der Waals surface area contributed by atoms with E-state index in [-0.39, 0.29) is 17.7 Å². The van der Waals surface area contributed by atoms with Crippen molar-refractivity contribution in [3.05, 3.63) is 29.8 Å². The molecule has 0 aromatic heterocycles. The number of methoxy groups -OCH3 is 1. The van der Waals surface area contributed by atoms with Crippen molar-refractivity contribution in [3.63, 3.8) is 0 Å². The lowest BCUT2D eigenvalue weighted by molar-refractivity contribution is 0.0884. The predicted molar refractivity (Wildman–Crippen MR) is 79.9 cm³/mol. The molecule has 116 valence electrons. The third-order valence-electron chi connectivity index (χ3n) is 3.58. The number of carbonyl (C=O) groups excluding carboxylic acids is 1. The lowest BCUT2D eigenvalue weighted by Gasteiger charge is -2.18. The monoisotopic (exact) mass is 293 g/mol. The summed E-state index contributed by atoms with van der Waals surface area (Å²) in [5, 5.41) is 3.31. The van der Waals surface area contributed by atoms with Crippen LogP contribution in [0.1, 0.15) is 17.3 Å². The fourth-order valence-corrected chi connectivity index (χ4v) is 2.51. The Hall–Kier alpha value is -1.43. The standard InChI is InChI=1S/C16H23NO4/c1-3-17-14-11-20-10-13(14)16(18)12-6-4-5-7-15(12)21-9-8-19-2/h4-7,13-14,17H,3,8-11H2,1-2H3. The van der Waals surface area contributed by atoms with Crippen molar-refractivity contribution in [2.75, 3.05) is 40.1 Å². The van der Waals surface area contributed by atoms with Crippen LogP contribution in [-0.4, -0.2) is 51.9 Å². The molecule has 1 aliphatic rings. The molecule has 1 aromatic rings. The van der Waals surface area contributed by atoms with Gasteiger partial charge >= 0.3 is 0 Å². The number of hydrogen-bond donors (Lipinski definition) is 1. The van der Waals surface area contributed by atoms with Crippen LogP contribution in [0.2, 0.25) is 0 Å². The van der Waals surface area contributed by atoms with Gasteiger partial charge in [-0.25, -0.2) is 0 Å². The molecule has 21 heavy (non-hydrogen) atoms. The van der Waals surface area contributed by atoms with E-state index in [0.29, 0.717) is 37.7 Å². The number of carbonyl (C=O) groups is 1.